The molecule has 5 nitrogen and oxygen atoms in total. The SMILES string of the molecule is N#C/C(=C\Nc1ccccc1-c1ccccc1)C(=O)NC(=O)Cc1ccccc1. The van der Waals surface area contributed by atoms with E-state index in [1.807, 2.05) is 78.9 Å². The fourth-order valence-electron chi connectivity index (χ4n) is 2.80. The smallest absolute Gasteiger partial charge is 0.270 e. The Hall–Kier alpha value is -4.17. The summed E-state index contributed by atoms with van der Waals surface area (Å²) in [5.74, 6) is -1.20. The molecule has 0 aliphatic heterocycles. The van der Waals surface area contributed by atoms with E-state index in [9.17, 15) is 14.9 Å². The highest BCUT2D eigenvalue weighted by Gasteiger charge is 2.14. The Kier molecular flexibility index (Phi) is 6.53. The van der Waals surface area contributed by atoms with E-state index in [1.165, 1.54) is 6.20 Å². The van der Waals surface area contributed by atoms with Crippen LogP contribution in [-0.2, 0) is 16.0 Å². The Labute approximate surface area is 169 Å². The summed E-state index contributed by atoms with van der Waals surface area (Å²) in [6, 6.07) is 28.3. The van der Waals surface area contributed by atoms with Crippen molar-refractivity contribution in [3.8, 4) is 17.2 Å². The van der Waals surface area contributed by atoms with Crippen LogP contribution < -0.4 is 10.6 Å². The van der Waals surface area contributed by atoms with Gasteiger partial charge in [0, 0.05) is 17.5 Å². The van der Waals surface area contributed by atoms with Crippen LogP contribution in [-0.4, -0.2) is 11.8 Å². The molecule has 0 heterocycles. The topological polar surface area (TPSA) is 82.0 Å². The number of imide groups is 1. The summed E-state index contributed by atoms with van der Waals surface area (Å²) in [6.07, 6.45) is 1.38. The van der Waals surface area contributed by atoms with Crippen LogP contribution in [0.25, 0.3) is 11.1 Å². The molecule has 0 radical (unpaired) electrons. The molecule has 0 aromatic heterocycles. The lowest BCUT2D eigenvalue weighted by Gasteiger charge is -2.10. The van der Waals surface area contributed by atoms with E-state index in [1.54, 1.807) is 12.1 Å². The van der Waals surface area contributed by atoms with Gasteiger partial charge in [-0.2, -0.15) is 5.26 Å². The minimum atomic E-state index is -0.738. The summed E-state index contributed by atoms with van der Waals surface area (Å²) >= 11 is 0. The van der Waals surface area contributed by atoms with E-state index >= 15 is 0 Å². The molecule has 29 heavy (non-hydrogen) atoms. The van der Waals surface area contributed by atoms with Crippen LogP contribution in [0.4, 0.5) is 5.69 Å². The number of anilines is 1. The quantitative estimate of drug-likeness (QED) is 0.498. The summed E-state index contributed by atoms with van der Waals surface area (Å²) in [6.45, 7) is 0. The Morgan fingerprint density at radius 3 is 2.17 bits per heavy atom. The Balaban J connectivity index is 1.70. The molecule has 0 saturated heterocycles. The van der Waals surface area contributed by atoms with Crippen molar-refractivity contribution >= 4 is 17.5 Å². The van der Waals surface area contributed by atoms with Gasteiger partial charge >= 0.3 is 0 Å². The number of nitrogens with one attached hydrogen (secondary N) is 2. The maximum atomic E-state index is 12.3. The zero-order valence-electron chi connectivity index (χ0n) is 15.6. The Bertz CT molecular complexity index is 1070. The second-order valence-electron chi connectivity index (χ2n) is 6.27. The van der Waals surface area contributed by atoms with Crippen LogP contribution in [0.5, 0.6) is 0 Å². The van der Waals surface area contributed by atoms with E-state index in [-0.39, 0.29) is 12.0 Å². The van der Waals surface area contributed by atoms with E-state index in [2.05, 4.69) is 10.6 Å². The third-order valence-corrected chi connectivity index (χ3v) is 4.21. The number of nitrogens with zero attached hydrogens (tertiary/aromatic N) is 1. The Morgan fingerprint density at radius 1 is 0.862 bits per heavy atom. The largest absolute Gasteiger partial charge is 0.360 e. The van der Waals surface area contributed by atoms with Gasteiger partial charge in [0.05, 0.1) is 6.42 Å². The first-order valence-electron chi connectivity index (χ1n) is 9.07. The van der Waals surface area contributed by atoms with Gasteiger partial charge < -0.3 is 5.32 Å². The van der Waals surface area contributed by atoms with Crippen molar-refractivity contribution in [3.63, 3.8) is 0 Å². The summed E-state index contributed by atoms with van der Waals surface area (Å²) in [4.78, 5) is 24.4. The lowest BCUT2D eigenvalue weighted by Crippen LogP contribution is -2.32. The number of hydrogen-bond donors (Lipinski definition) is 2. The number of nitriles is 1. The predicted molar refractivity (Wildman–Crippen MR) is 112 cm³/mol. The van der Waals surface area contributed by atoms with E-state index in [0.29, 0.717) is 0 Å². The minimum Gasteiger partial charge on any atom is -0.360 e. The van der Waals surface area contributed by atoms with Gasteiger partial charge in [0.15, 0.2) is 0 Å². The van der Waals surface area contributed by atoms with Gasteiger partial charge in [0.1, 0.15) is 11.6 Å². The molecule has 0 spiro atoms. The molecule has 3 aromatic carbocycles. The van der Waals surface area contributed by atoms with Crippen molar-refractivity contribution in [2.75, 3.05) is 5.32 Å². The lowest BCUT2D eigenvalue weighted by molar-refractivity contribution is -0.127. The molecule has 2 amide bonds. The highest BCUT2D eigenvalue weighted by Crippen LogP contribution is 2.27. The van der Waals surface area contributed by atoms with E-state index in [0.717, 1.165) is 22.4 Å². The number of carbonyl (C=O) groups is 2. The molecule has 2 N–H and O–H groups in total. The maximum absolute atomic E-state index is 12.3. The van der Waals surface area contributed by atoms with Gasteiger partial charge in [-0.3, -0.25) is 14.9 Å². The van der Waals surface area contributed by atoms with Gasteiger partial charge in [-0.25, -0.2) is 0 Å². The van der Waals surface area contributed by atoms with Gasteiger partial charge in [-0.05, 0) is 17.2 Å². The summed E-state index contributed by atoms with van der Waals surface area (Å²) in [7, 11) is 0. The molecule has 3 rings (SSSR count). The van der Waals surface area contributed by atoms with Crippen LogP contribution in [0.1, 0.15) is 5.56 Å². The summed E-state index contributed by atoms with van der Waals surface area (Å²) < 4.78 is 0. The first-order valence-corrected chi connectivity index (χ1v) is 9.07. The first kappa shape index (κ1) is 19.6. The third-order valence-electron chi connectivity index (χ3n) is 4.21. The highest BCUT2D eigenvalue weighted by atomic mass is 16.2. The molecule has 0 unspecified atom stereocenters. The molecule has 0 bridgehead atoms. The Morgan fingerprint density at radius 2 is 1.48 bits per heavy atom. The molecule has 5 heteroatoms. The van der Waals surface area contributed by atoms with Crippen LogP contribution >= 0.6 is 0 Å². The van der Waals surface area contributed by atoms with Gasteiger partial charge in [-0.1, -0.05) is 78.9 Å². The van der Waals surface area contributed by atoms with Crippen LogP contribution in [0, 0.1) is 11.3 Å². The molecule has 0 saturated carbocycles. The summed E-state index contributed by atoms with van der Waals surface area (Å²) in [5.41, 5.74) is 3.28. The molecular formula is C24H19N3O2. The number of benzene rings is 3. The van der Waals surface area contributed by atoms with Gasteiger partial charge in [0.2, 0.25) is 5.91 Å². The van der Waals surface area contributed by atoms with Crippen LogP contribution in [0.15, 0.2) is 96.7 Å². The molecule has 3 aromatic rings. The maximum Gasteiger partial charge on any atom is 0.270 e. The monoisotopic (exact) mass is 381 g/mol. The van der Waals surface area contributed by atoms with Crippen molar-refractivity contribution in [1.82, 2.24) is 5.32 Å². The first-order chi connectivity index (χ1) is 14.2. The molecule has 0 fully saturated rings. The standard InChI is InChI=1S/C24H19N3O2/c25-16-20(24(29)27-23(28)15-18-9-3-1-4-10-18)17-26-22-14-8-7-13-21(22)19-11-5-2-6-12-19/h1-14,17,26H,15H2,(H,27,28,29)/b20-17+. The zero-order chi connectivity index (χ0) is 20.5. The average Bonchev–Trinajstić information content (AvgIpc) is 2.75. The van der Waals surface area contributed by atoms with E-state index < -0.39 is 11.8 Å². The van der Waals surface area contributed by atoms with Crippen LogP contribution in [0.2, 0.25) is 0 Å². The minimum absolute atomic E-state index is 0.0650. The van der Waals surface area contributed by atoms with Crippen molar-refractivity contribution < 1.29 is 9.59 Å². The fourth-order valence-corrected chi connectivity index (χ4v) is 2.80. The number of hydrogen-bond acceptors (Lipinski definition) is 4. The summed E-state index contributed by atoms with van der Waals surface area (Å²) in [5, 5.41) is 14.6. The van der Waals surface area contributed by atoms with Crippen molar-refractivity contribution in [1.29, 1.82) is 5.26 Å². The second-order valence-corrected chi connectivity index (χ2v) is 6.27. The average molecular weight is 381 g/mol. The van der Waals surface area contributed by atoms with Crippen molar-refractivity contribution in [2.45, 2.75) is 6.42 Å². The third kappa shape index (κ3) is 5.41. The van der Waals surface area contributed by atoms with Crippen molar-refractivity contribution in [3.05, 3.63) is 102 Å². The molecule has 142 valence electrons. The van der Waals surface area contributed by atoms with Crippen LogP contribution in [0.3, 0.4) is 0 Å². The number of amides is 2. The van der Waals surface area contributed by atoms with Gasteiger partial charge in [0.25, 0.3) is 5.91 Å². The van der Waals surface area contributed by atoms with Gasteiger partial charge in [-0.15, -0.1) is 0 Å². The predicted octanol–water partition coefficient (Wildman–Crippen LogP) is 4.06. The molecule has 0 atom stereocenters. The number of carbonyl (C=O) groups excluding carboxylic acids is 2. The molecule has 0 aliphatic rings. The van der Waals surface area contributed by atoms with E-state index in [4.69, 9.17) is 0 Å². The molecule has 0 aliphatic carbocycles. The molecular weight excluding hydrogens is 362 g/mol. The fraction of sp³-hybridized carbons (Fsp3) is 0.0417. The van der Waals surface area contributed by atoms with Crippen molar-refractivity contribution in [2.24, 2.45) is 0 Å². The normalized spacial score (nSPS) is 10.7. The highest BCUT2D eigenvalue weighted by molar-refractivity contribution is 6.07. The zero-order valence-corrected chi connectivity index (χ0v) is 15.6. The number of rotatable bonds is 6. The number of para-hydroxylation sites is 1. The lowest BCUT2D eigenvalue weighted by atomic mass is 10.0. The second kappa shape index (κ2) is 9.67.